The topological polar surface area (TPSA) is 98.5 Å². The number of halogens is 1. The Balaban J connectivity index is 1.73. The lowest BCUT2D eigenvalue weighted by Gasteiger charge is -2.27. The highest BCUT2D eigenvalue weighted by Gasteiger charge is 2.47. The smallest absolute Gasteiger partial charge is 0.252 e. The number of nitrogens with zero attached hydrogens (tertiary/aromatic N) is 3. The van der Waals surface area contributed by atoms with E-state index in [1.165, 1.54) is 36.4 Å². The van der Waals surface area contributed by atoms with Crippen LogP contribution in [0.1, 0.15) is 17.5 Å². The fourth-order valence-corrected chi connectivity index (χ4v) is 5.50. The van der Waals surface area contributed by atoms with Gasteiger partial charge in [0, 0.05) is 11.0 Å². The van der Waals surface area contributed by atoms with Gasteiger partial charge in [0.05, 0.1) is 28.6 Å². The summed E-state index contributed by atoms with van der Waals surface area (Å²) in [5, 5.41) is 8.99. The maximum absolute atomic E-state index is 13.6. The lowest BCUT2D eigenvalue weighted by atomic mass is 10.2. The summed E-state index contributed by atoms with van der Waals surface area (Å²) >= 11 is 3.30. The van der Waals surface area contributed by atoms with Crippen LogP contribution in [0.4, 0.5) is 5.69 Å². The van der Waals surface area contributed by atoms with E-state index in [2.05, 4.69) is 15.9 Å². The summed E-state index contributed by atoms with van der Waals surface area (Å²) in [4.78, 5) is 27.2. The quantitative estimate of drug-likeness (QED) is 0.457. The molecule has 1 unspecified atom stereocenters. The van der Waals surface area contributed by atoms with Crippen molar-refractivity contribution in [2.75, 3.05) is 4.90 Å². The molecule has 0 N–H and O–H groups in total. The van der Waals surface area contributed by atoms with Crippen molar-refractivity contribution in [1.29, 1.82) is 5.26 Å². The van der Waals surface area contributed by atoms with Gasteiger partial charge in [-0.1, -0.05) is 46.3 Å². The van der Waals surface area contributed by atoms with E-state index in [-0.39, 0.29) is 17.9 Å². The summed E-state index contributed by atoms with van der Waals surface area (Å²) in [6, 6.07) is 21.8. The van der Waals surface area contributed by atoms with E-state index < -0.39 is 27.9 Å². The Morgan fingerprint density at radius 2 is 1.61 bits per heavy atom. The number of hydrogen-bond acceptors (Lipinski definition) is 5. The number of carbonyl (C=O) groups is 2. The van der Waals surface area contributed by atoms with Gasteiger partial charge in [0.2, 0.25) is 15.9 Å². The molecule has 0 radical (unpaired) electrons. The van der Waals surface area contributed by atoms with Crippen LogP contribution in [0.5, 0.6) is 0 Å². The Bertz CT molecular complexity index is 1340. The highest BCUT2D eigenvalue weighted by molar-refractivity contribution is 9.10. The van der Waals surface area contributed by atoms with Crippen LogP contribution in [-0.2, 0) is 26.2 Å². The average molecular weight is 524 g/mol. The highest BCUT2D eigenvalue weighted by atomic mass is 79.9. The first kappa shape index (κ1) is 22.9. The molecule has 0 aromatic heterocycles. The summed E-state index contributed by atoms with van der Waals surface area (Å²) in [5.74, 6) is -1.12. The van der Waals surface area contributed by atoms with Crippen LogP contribution >= 0.6 is 15.9 Å². The molecule has 33 heavy (non-hydrogen) atoms. The third-order valence-electron chi connectivity index (χ3n) is 5.33. The molecule has 3 aromatic rings. The third-order valence-corrected chi connectivity index (χ3v) is 7.72. The van der Waals surface area contributed by atoms with Gasteiger partial charge in [-0.3, -0.25) is 9.59 Å². The zero-order chi connectivity index (χ0) is 23.6. The number of imide groups is 1. The first-order valence-corrected chi connectivity index (χ1v) is 12.2. The van der Waals surface area contributed by atoms with E-state index in [9.17, 15) is 18.0 Å². The number of sulfonamides is 1. The lowest BCUT2D eigenvalue weighted by Crippen LogP contribution is -2.45. The minimum absolute atomic E-state index is 0.0266. The molecular formula is C24H18BrN3O4S. The predicted octanol–water partition coefficient (Wildman–Crippen LogP) is 3.84. The maximum atomic E-state index is 13.6. The van der Waals surface area contributed by atoms with Crippen molar-refractivity contribution in [3.05, 3.63) is 94.5 Å². The summed E-state index contributed by atoms with van der Waals surface area (Å²) < 4.78 is 29.0. The normalized spacial score (nSPS) is 16.3. The number of carbonyl (C=O) groups excluding carboxylic acids is 2. The first-order valence-electron chi connectivity index (χ1n) is 9.99. The van der Waals surface area contributed by atoms with Crippen molar-refractivity contribution in [3.8, 4) is 6.07 Å². The van der Waals surface area contributed by atoms with Gasteiger partial charge in [-0.05, 0) is 54.1 Å². The highest BCUT2D eigenvalue weighted by Crippen LogP contribution is 2.31. The SMILES string of the molecule is N#Cc1ccc(N2C(=O)CC(N(Cc3ccccc3)S(=O)(=O)c3ccc(Br)cc3)C2=O)cc1. The van der Waals surface area contributed by atoms with Crippen molar-refractivity contribution in [3.63, 3.8) is 0 Å². The van der Waals surface area contributed by atoms with E-state index in [1.807, 2.05) is 12.1 Å². The van der Waals surface area contributed by atoms with Crippen molar-refractivity contribution in [2.24, 2.45) is 0 Å². The largest absolute Gasteiger partial charge is 0.274 e. The second-order valence-electron chi connectivity index (χ2n) is 7.44. The summed E-state index contributed by atoms with van der Waals surface area (Å²) in [6.45, 7) is -0.0653. The Morgan fingerprint density at radius 3 is 2.21 bits per heavy atom. The molecule has 0 spiro atoms. The molecule has 1 fully saturated rings. The van der Waals surface area contributed by atoms with Crippen molar-refractivity contribution in [1.82, 2.24) is 4.31 Å². The fraction of sp³-hybridized carbons (Fsp3) is 0.125. The van der Waals surface area contributed by atoms with E-state index in [4.69, 9.17) is 5.26 Å². The molecule has 166 valence electrons. The van der Waals surface area contributed by atoms with Crippen LogP contribution in [0.3, 0.4) is 0 Å². The molecule has 1 heterocycles. The van der Waals surface area contributed by atoms with Gasteiger partial charge in [-0.25, -0.2) is 13.3 Å². The van der Waals surface area contributed by atoms with E-state index in [1.54, 1.807) is 36.4 Å². The number of benzene rings is 3. The van der Waals surface area contributed by atoms with Gasteiger partial charge >= 0.3 is 0 Å². The van der Waals surface area contributed by atoms with Gasteiger partial charge in [-0.2, -0.15) is 9.57 Å². The van der Waals surface area contributed by atoms with Gasteiger partial charge in [-0.15, -0.1) is 0 Å². The van der Waals surface area contributed by atoms with E-state index in [0.717, 1.165) is 13.7 Å². The zero-order valence-electron chi connectivity index (χ0n) is 17.3. The van der Waals surface area contributed by atoms with E-state index >= 15 is 0 Å². The van der Waals surface area contributed by atoms with Crippen molar-refractivity contribution in [2.45, 2.75) is 23.9 Å². The molecule has 9 heteroatoms. The monoisotopic (exact) mass is 523 g/mol. The molecule has 0 saturated carbocycles. The molecule has 1 aliphatic rings. The van der Waals surface area contributed by atoms with Crippen LogP contribution in [-0.4, -0.2) is 30.6 Å². The standard InChI is InChI=1S/C24H18BrN3O4S/c25-19-8-12-21(13-9-19)33(31,32)27(16-18-4-2-1-3-5-18)22-14-23(29)28(24(22)30)20-10-6-17(15-26)7-11-20/h1-13,22H,14,16H2. The summed E-state index contributed by atoms with van der Waals surface area (Å²) in [7, 11) is -4.10. The van der Waals surface area contributed by atoms with Gasteiger partial charge in [0.1, 0.15) is 6.04 Å². The fourth-order valence-electron chi connectivity index (χ4n) is 3.67. The first-order chi connectivity index (χ1) is 15.8. The van der Waals surface area contributed by atoms with Gasteiger partial charge in [0.15, 0.2) is 0 Å². The molecule has 0 aliphatic carbocycles. The van der Waals surface area contributed by atoms with Crippen LogP contribution in [0, 0.1) is 11.3 Å². The third kappa shape index (κ3) is 4.59. The second kappa shape index (κ2) is 9.27. The molecule has 3 aromatic carbocycles. The Kier molecular flexibility index (Phi) is 6.42. The molecule has 1 aliphatic heterocycles. The Morgan fingerprint density at radius 1 is 0.970 bits per heavy atom. The van der Waals surface area contributed by atoms with Crippen LogP contribution in [0.2, 0.25) is 0 Å². The number of amides is 2. The summed E-state index contributed by atoms with van der Waals surface area (Å²) in [6.07, 6.45) is -0.276. The minimum atomic E-state index is -4.10. The Hall–Kier alpha value is -3.32. The average Bonchev–Trinajstić information content (AvgIpc) is 3.11. The molecular weight excluding hydrogens is 506 g/mol. The maximum Gasteiger partial charge on any atom is 0.252 e. The van der Waals surface area contributed by atoms with Gasteiger partial charge in [0.25, 0.3) is 5.91 Å². The van der Waals surface area contributed by atoms with Crippen LogP contribution in [0.15, 0.2) is 88.2 Å². The predicted molar refractivity (Wildman–Crippen MR) is 125 cm³/mol. The number of nitriles is 1. The number of rotatable bonds is 6. The minimum Gasteiger partial charge on any atom is -0.274 e. The molecule has 0 bridgehead atoms. The number of anilines is 1. The second-order valence-corrected chi connectivity index (χ2v) is 10.2. The van der Waals surface area contributed by atoms with Crippen molar-refractivity contribution >= 4 is 43.5 Å². The molecule has 1 atom stereocenters. The zero-order valence-corrected chi connectivity index (χ0v) is 19.7. The molecule has 2 amide bonds. The van der Waals surface area contributed by atoms with Crippen molar-refractivity contribution < 1.29 is 18.0 Å². The van der Waals surface area contributed by atoms with Crippen LogP contribution < -0.4 is 4.90 Å². The molecule has 1 saturated heterocycles. The lowest BCUT2D eigenvalue weighted by molar-refractivity contribution is -0.122. The molecule has 7 nitrogen and oxygen atoms in total. The number of hydrogen-bond donors (Lipinski definition) is 0. The Labute approximate surface area is 200 Å². The van der Waals surface area contributed by atoms with Gasteiger partial charge < -0.3 is 0 Å². The molecule has 4 rings (SSSR count). The van der Waals surface area contributed by atoms with Crippen LogP contribution in [0.25, 0.3) is 0 Å². The summed E-state index contributed by atoms with van der Waals surface area (Å²) in [5.41, 5.74) is 1.38. The van der Waals surface area contributed by atoms with E-state index in [0.29, 0.717) is 16.8 Å².